The number of cyclic esters (lactones) is 1. The molecule has 1 aliphatic rings. The molecule has 0 radical (unpaired) electrons. The number of carbonyl (C=O) groups is 3. The predicted molar refractivity (Wildman–Crippen MR) is 213 cm³/mol. The minimum Gasteiger partial charge on any atom is -0.464 e. The van der Waals surface area contributed by atoms with E-state index in [1.165, 1.54) is 0 Å². The molecule has 4 rings (SSSR count). The Morgan fingerprint density at radius 3 is 1.89 bits per heavy atom. The van der Waals surface area contributed by atoms with Crippen LogP contribution in [-0.2, 0) is 28.5 Å². The third-order valence-electron chi connectivity index (χ3n) is 9.43. The second kappa shape index (κ2) is 20.0. The second-order valence-electron chi connectivity index (χ2n) is 15.3. The molecule has 1 heterocycles. The Bertz CT molecular complexity index is 1470. The van der Waals surface area contributed by atoms with E-state index in [2.05, 4.69) is 103 Å². The fourth-order valence-electron chi connectivity index (χ4n) is 6.41. The van der Waals surface area contributed by atoms with Crippen molar-refractivity contribution >= 4 is 29.7 Å². The first-order chi connectivity index (χ1) is 25.3. The van der Waals surface area contributed by atoms with Gasteiger partial charge in [0.2, 0.25) is 5.91 Å². The van der Waals surface area contributed by atoms with Gasteiger partial charge in [0.05, 0.1) is 24.0 Å². The maximum atomic E-state index is 13.3. The normalized spacial score (nSPS) is 17.1. The van der Waals surface area contributed by atoms with Crippen LogP contribution >= 0.6 is 11.8 Å². The molecule has 3 aromatic carbocycles. The van der Waals surface area contributed by atoms with Crippen molar-refractivity contribution in [3.8, 4) is 0 Å². The zero-order valence-electron chi connectivity index (χ0n) is 32.4. The van der Waals surface area contributed by atoms with E-state index in [4.69, 9.17) is 14.2 Å². The second-order valence-corrected chi connectivity index (χ2v) is 16.5. The molecule has 1 fully saturated rings. The predicted octanol–water partition coefficient (Wildman–Crippen LogP) is 7.47. The minimum atomic E-state index is -0.716. The van der Waals surface area contributed by atoms with E-state index < -0.39 is 34.6 Å². The summed E-state index contributed by atoms with van der Waals surface area (Å²) in [5.41, 5.74) is 2.75. The molecule has 3 aromatic rings. The van der Waals surface area contributed by atoms with Crippen LogP contribution in [-0.4, -0.2) is 73.3 Å². The molecule has 1 saturated heterocycles. The lowest BCUT2D eigenvalue weighted by atomic mass is 9.84. The van der Waals surface area contributed by atoms with Gasteiger partial charge in [0.25, 0.3) is 0 Å². The molecule has 1 aliphatic heterocycles. The van der Waals surface area contributed by atoms with Crippen molar-refractivity contribution in [3.05, 3.63) is 108 Å². The summed E-state index contributed by atoms with van der Waals surface area (Å²) in [7, 11) is 0. The van der Waals surface area contributed by atoms with E-state index >= 15 is 0 Å². The highest BCUT2D eigenvalue weighted by atomic mass is 32.2. The van der Waals surface area contributed by atoms with Gasteiger partial charge >= 0.3 is 12.1 Å². The van der Waals surface area contributed by atoms with E-state index in [1.807, 2.05) is 52.8 Å². The Kier molecular flexibility index (Phi) is 15.8. The minimum absolute atomic E-state index is 0.117. The van der Waals surface area contributed by atoms with Gasteiger partial charge in [-0.1, -0.05) is 125 Å². The number of alkyl carbamates (subject to hydrolysis) is 1. The van der Waals surface area contributed by atoms with Crippen LogP contribution in [0.5, 0.6) is 0 Å². The third-order valence-corrected chi connectivity index (χ3v) is 11.1. The maximum Gasteiger partial charge on any atom is 0.407 e. The summed E-state index contributed by atoms with van der Waals surface area (Å²) in [5, 5.41) is 9.72. The monoisotopic (exact) mass is 745 g/mol. The van der Waals surface area contributed by atoms with Crippen LogP contribution in [0.25, 0.3) is 0 Å². The van der Waals surface area contributed by atoms with Crippen molar-refractivity contribution in [2.75, 3.05) is 25.5 Å². The fraction of sp³-hybridized carbons (Fsp3) is 0.512. The first kappa shape index (κ1) is 41.9. The van der Waals surface area contributed by atoms with Crippen molar-refractivity contribution < 1.29 is 28.6 Å². The lowest BCUT2D eigenvalue weighted by molar-refractivity contribution is -0.144. The number of benzene rings is 3. The highest BCUT2D eigenvalue weighted by Gasteiger charge is 2.38. The SMILES string of the molecule is CC[C@H](C)C(COC(CC(C)C)C(=O)N[C@@H]1CCOC1=O)NCC(CSC(c1ccccc1)(c1ccccc1)c1ccccc1)NC(=O)OC(C)(C)C. The number of hydrogen-bond acceptors (Lipinski definition) is 8. The van der Waals surface area contributed by atoms with Crippen molar-refractivity contribution in [3.63, 3.8) is 0 Å². The zero-order valence-corrected chi connectivity index (χ0v) is 33.2. The van der Waals surface area contributed by atoms with Crippen LogP contribution in [0, 0.1) is 11.8 Å². The standard InChI is InChI=1S/C43H59N3O6S/c1-8-31(4)37(28-51-38(26-30(2)3)39(47)46-36-24-25-50-40(36)48)44-27-35(45-41(49)52-42(5,6)7)29-53-43(32-18-12-9-13-19-32,33-20-14-10-15-21-33)34-22-16-11-17-23-34/h9-23,30-31,35-38,44H,8,24-29H2,1-7H3,(H,45,49)(H,46,47)/t31-,35?,36+,37?,38?/m0/s1. The van der Waals surface area contributed by atoms with Crippen LogP contribution in [0.4, 0.5) is 4.79 Å². The van der Waals surface area contributed by atoms with Gasteiger partial charge in [0.15, 0.2) is 0 Å². The summed E-state index contributed by atoms with van der Waals surface area (Å²) in [5.74, 6) is 0.252. The van der Waals surface area contributed by atoms with Gasteiger partial charge in [-0.2, -0.15) is 0 Å². The molecule has 0 aromatic heterocycles. The topological polar surface area (TPSA) is 115 Å². The molecule has 0 aliphatic carbocycles. The Balaban J connectivity index is 1.59. The first-order valence-corrected chi connectivity index (χ1v) is 19.9. The number of thioether (sulfide) groups is 1. The van der Waals surface area contributed by atoms with E-state index in [0.717, 1.165) is 23.1 Å². The van der Waals surface area contributed by atoms with Gasteiger partial charge in [-0.3, -0.25) is 4.79 Å². The molecule has 288 valence electrons. The molecule has 9 nitrogen and oxygen atoms in total. The third kappa shape index (κ3) is 12.3. The zero-order chi connectivity index (χ0) is 38.4. The lowest BCUT2D eigenvalue weighted by Crippen LogP contribution is -2.51. The molecule has 0 saturated carbocycles. The summed E-state index contributed by atoms with van der Waals surface area (Å²) in [4.78, 5) is 38.7. The van der Waals surface area contributed by atoms with Crippen LogP contribution in [0.15, 0.2) is 91.0 Å². The summed E-state index contributed by atoms with van der Waals surface area (Å²) >= 11 is 1.77. The van der Waals surface area contributed by atoms with E-state index in [-0.39, 0.29) is 36.4 Å². The summed E-state index contributed by atoms with van der Waals surface area (Å²) < 4.78 is 16.6. The van der Waals surface area contributed by atoms with Crippen LogP contribution < -0.4 is 16.0 Å². The van der Waals surface area contributed by atoms with E-state index in [1.54, 1.807) is 11.8 Å². The first-order valence-electron chi connectivity index (χ1n) is 18.9. The fourth-order valence-corrected chi connectivity index (χ4v) is 7.97. The Morgan fingerprint density at radius 1 is 0.887 bits per heavy atom. The lowest BCUT2D eigenvalue weighted by Gasteiger charge is -2.37. The molecule has 3 unspecified atom stereocenters. The Morgan fingerprint density at radius 2 is 1.43 bits per heavy atom. The van der Waals surface area contributed by atoms with Crippen LogP contribution in [0.1, 0.15) is 84.4 Å². The Labute approximate surface area is 320 Å². The van der Waals surface area contributed by atoms with Crippen molar-refractivity contribution in [1.82, 2.24) is 16.0 Å². The molecular formula is C43H59N3O6S. The van der Waals surface area contributed by atoms with Gasteiger partial charge in [-0.15, -0.1) is 11.8 Å². The molecule has 5 atom stereocenters. The number of amides is 2. The number of rotatable bonds is 19. The summed E-state index contributed by atoms with van der Waals surface area (Å²) in [6, 6.07) is 30.4. The molecule has 10 heteroatoms. The smallest absolute Gasteiger partial charge is 0.407 e. The summed E-state index contributed by atoms with van der Waals surface area (Å²) in [6.07, 6.45) is 0.658. The van der Waals surface area contributed by atoms with Gasteiger partial charge in [0, 0.05) is 24.8 Å². The average molecular weight is 746 g/mol. The number of esters is 1. The molecule has 2 amide bonds. The number of hydrogen-bond donors (Lipinski definition) is 3. The molecule has 0 spiro atoms. The van der Waals surface area contributed by atoms with Gasteiger partial charge in [0.1, 0.15) is 17.7 Å². The van der Waals surface area contributed by atoms with Crippen LogP contribution in [0.2, 0.25) is 0 Å². The van der Waals surface area contributed by atoms with Crippen molar-refractivity contribution in [2.45, 2.75) is 102 Å². The van der Waals surface area contributed by atoms with Gasteiger partial charge in [-0.05, 0) is 55.7 Å². The van der Waals surface area contributed by atoms with E-state index in [9.17, 15) is 14.4 Å². The quantitative estimate of drug-likeness (QED) is 0.0856. The van der Waals surface area contributed by atoms with Crippen LogP contribution in [0.3, 0.4) is 0 Å². The maximum absolute atomic E-state index is 13.3. The number of carbonyl (C=O) groups excluding carboxylic acids is 3. The molecular weight excluding hydrogens is 687 g/mol. The highest BCUT2D eigenvalue weighted by Crippen LogP contribution is 2.48. The van der Waals surface area contributed by atoms with Gasteiger partial charge < -0.3 is 30.2 Å². The summed E-state index contributed by atoms with van der Waals surface area (Å²) in [6.45, 7) is 15.0. The molecule has 0 bridgehead atoms. The van der Waals surface area contributed by atoms with Gasteiger partial charge in [-0.25, -0.2) is 9.59 Å². The highest BCUT2D eigenvalue weighted by molar-refractivity contribution is 8.00. The van der Waals surface area contributed by atoms with E-state index in [0.29, 0.717) is 31.7 Å². The van der Waals surface area contributed by atoms with Crippen molar-refractivity contribution in [2.24, 2.45) is 11.8 Å². The molecule has 53 heavy (non-hydrogen) atoms. The average Bonchev–Trinajstić information content (AvgIpc) is 3.54. The van der Waals surface area contributed by atoms with Crippen molar-refractivity contribution in [1.29, 1.82) is 0 Å². The number of nitrogens with one attached hydrogen (secondary N) is 3. The Hall–Kier alpha value is -3.86. The largest absolute Gasteiger partial charge is 0.464 e. The molecule has 3 N–H and O–H groups in total. The number of ether oxygens (including phenoxy) is 3.